The summed E-state index contributed by atoms with van der Waals surface area (Å²) in [4.78, 5) is 12.1. The Hall–Kier alpha value is -1.88. The largest absolute Gasteiger partial charge is 0.481 e. The van der Waals surface area contributed by atoms with Crippen LogP contribution in [0.2, 0.25) is 5.02 Å². The van der Waals surface area contributed by atoms with Crippen molar-refractivity contribution >= 4 is 17.6 Å². The summed E-state index contributed by atoms with van der Waals surface area (Å²) in [6.45, 7) is 0. The van der Waals surface area contributed by atoms with Crippen LogP contribution in [0.4, 0.5) is 0 Å². The lowest BCUT2D eigenvalue weighted by Crippen LogP contribution is -1.99. The van der Waals surface area contributed by atoms with Gasteiger partial charge in [-0.3, -0.25) is 4.79 Å². The average molecular weight is 266 g/mol. The molecule has 0 spiro atoms. The minimum Gasteiger partial charge on any atom is -0.481 e. The van der Waals surface area contributed by atoms with Crippen molar-refractivity contribution in [3.63, 3.8) is 0 Å². The summed E-state index contributed by atoms with van der Waals surface area (Å²) in [7, 11) is 1.73. The molecule has 0 aliphatic carbocycles. The molecule has 0 unspecified atom stereocenters. The Morgan fingerprint density at radius 2 is 2.28 bits per heavy atom. The van der Waals surface area contributed by atoms with Crippen molar-refractivity contribution < 1.29 is 9.90 Å². The van der Waals surface area contributed by atoms with Gasteiger partial charge in [0, 0.05) is 24.1 Å². The molecule has 0 atom stereocenters. The Balaban J connectivity index is 2.37. The van der Waals surface area contributed by atoms with Crippen molar-refractivity contribution in [1.82, 2.24) is 15.0 Å². The fourth-order valence-corrected chi connectivity index (χ4v) is 1.92. The van der Waals surface area contributed by atoms with E-state index in [9.17, 15) is 4.79 Å². The maximum absolute atomic E-state index is 10.6. The summed E-state index contributed by atoms with van der Waals surface area (Å²) in [5.41, 5.74) is 2.45. The van der Waals surface area contributed by atoms with Crippen LogP contribution in [0, 0.1) is 0 Å². The third-order valence-electron chi connectivity index (χ3n) is 2.55. The molecule has 1 N–H and O–H groups in total. The maximum atomic E-state index is 10.6. The van der Waals surface area contributed by atoms with E-state index in [2.05, 4.69) is 10.2 Å². The minimum absolute atomic E-state index is 0.0631. The summed E-state index contributed by atoms with van der Waals surface area (Å²) in [5.74, 6) is -0.833. The van der Waals surface area contributed by atoms with Crippen LogP contribution in [0.25, 0.3) is 11.3 Å². The summed E-state index contributed by atoms with van der Waals surface area (Å²) in [6.07, 6.45) is 2.13. The second-order valence-corrected chi connectivity index (χ2v) is 4.35. The number of hydrogen-bond acceptors (Lipinski definition) is 3. The van der Waals surface area contributed by atoms with Gasteiger partial charge < -0.3 is 5.11 Å². The molecule has 5 nitrogen and oxygen atoms in total. The van der Waals surface area contributed by atoms with Gasteiger partial charge in [-0.15, -0.1) is 0 Å². The monoisotopic (exact) mass is 265 g/mol. The molecule has 0 aliphatic heterocycles. The maximum Gasteiger partial charge on any atom is 0.303 e. The van der Waals surface area contributed by atoms with Crippen molar-refractivity contribution in [3.05, 3.63) is 35.0 Å². The number of rotatable bonds is 4. The van der Waals surface area contributed by atoms with Gasteiger partial charge in [0.15, 0.2) is 0 Å². The highest BCUT2D eigenvalue weighted by Crippen LogP contribution is 2.25. The van der Waals surface area contributed by atoms with Crippen LogP contribution in [0.5, 0.6) is 0 Å². The number of nitrogens with zero attached hydrogens (tertiary/aromatic N) is 3. The zero-order valence-corrected chi connectivity index (χ0v) is 10.6. The zero-order chi connectivity index (χ0) is 13.1. The normalized spacial score (nSPS) is 10.6. The Labute approximate surface area is 109 Å². The smallest absolute Gasteiger partial charge is 0.303 e. The van der Waals surface area contributed by atoms with E-state index in [1.807, 2.05) is 6.07 Å². The van der Waals surface area contributed by atoms with Gasteiger partial charge in [0.05, 0.1) is 6.20 Å². The molecule has 0 fully saturated rings. The van der Waals surface area contributed by atoms with E-state index in [0.29, 0.717) is 11.4 Å². The molecule has 1 aromatic heterocycles. The Morgan fingerprint density at radius 3 is 2.89 bits per heavy atom. The molecule has 0 saturated heterocycles. The fourth-order valence-electron chi connectivity index (χ4n) is 1.73. The zero-order valence-electron chi connectivity index (χ0n) is 9.80. The number of aliphatic carboxylic acids is 1. The lowest BCUT2D eigenvalue weighted by Gasteiger charge is -2.06. The van der Waals surface area contributed by atoms with Gasteiger partial charge in [0.1, 0.15) is 5.69 Å². The van der Waals surface area contributed by atoms with E-state index in [1.165, 1.54) is 4.80 Å². The van der Waals surface area contributed by atoms with Crippen LogP contribution >= 0.6 is 11.6 Å². The van der Waals surface area contributed by atoms with E-state index in [-0.39, 0.29) is 6.42 Å². The lowest BCUT2D eigenvalue weighted by molar-refractivity contribution is -0.136. The highest BCUT2D eigenvalue weighted by Gasteiger charge is 2.10. The molecule has 0 amide bonds. The van der Waals surface area contributed by atoms with Crippen LogP contribution in [-0.2, 0) is 18.3 Å². The van der Waals surface area contributed by atoms with Gasteiger partial charge >= 0.3 is 5.97 Å². The Morgan fingerprint density at radius 1 is 1.50 bits per heavy atom. The molecular weight excluding hydrogens is 254 g/mol. The molecule has 1 heterocycles. The van der Waals surface area contributed by atoms with Gasteiger partial charge in [0.2, 0.25) is 0 Å². The van der Waals surface area contributed by atoms with Crippen LogP contribution in [0.1, 0.15) is 12.0 Å². The predicted molar refractivity (Wildman–Crippen MR) is 67.4 cm³/mol. The first-order valence-electron chi connectivity index (χ1n) is 5.43. The number of halogens is 1. The van der Waals surface area contributed by atoms with E-state index in [0.717, 1.165) is 16.8 Å². The number of aromatic nitrogens is 3. The summed E-state index contributed by atoms with van der Waals surface area (Å²) < 4.78 is 0. The first kappa shape index (κ1) is 12.6. The quantitative estimate of drug-likeness (QED) is 0.920. The van der Waals surface area contributed by atoms with Crippen LogP contribution in [-0.4, -0.2) is 26.1 Å². The molecule has 94 valence electrons. The van der Waals surface area contributed by atoms with Gasteiger partial charge in [0.25, 0.3) is 0 Å². The number of carboxylic acid groups (broad SMARTS) is 1. The molecule has 2 rings (SSSR count). The molecular formula is C12H12ClN3O2. The molecule has 0 saturated carbocycles. The number of aryl methyl sites for hydroxylation is 2. The number of carboxylic acids is 1. The van der Waals surface area contributed by atoms with E-state index in [4.69, 9.17) is 16.7 Å². The van der Waals surface area contributed by atoms with Crippen molar-refractivity contribution in [2.75, 3.05) is 0 Å². The first-order valence-corrected chi connectivity index (χ1v) is 5.81. The van der Waals surface area contributed by atoms with Gasteiger partial charge in [-0.05, 0) is 24.1 Å². The summed E-state index contributed by atoms with van der Waals surface area (Å²) in [6, 6.07) is 5.37. The summed E-state index contributed by atoms with van der Waals surface area (Å²) in [5, 5.41) is 17.6. The van der Waals surface area contributed by atoms with Gasteiger partial charge in [-0.2, -0.15) is 15.0 Å². The number of benzene rings is 1. The third kappa shape index (κ3) is 2.87. The molecule has 1 aromatic carbocycles. The van der Waals surface area contributed by atoms with Crippen molar-refractivity contribution in [3.8, 4) is 11.3 Å². The van der Waals surface area contributed by atoms with E-state index >= 15 is 0 Å². The second kappa shape index (κ2) is 5.18. The molecule has 6 heteroatoms. The highest BCUT2D eigenvalue weighted by atomic mass is 35.5. The number of carbonyl (C=O) groups is 1. The number of hydrogen-bond donors (Lipinski definition) is 1. The van der Waals surface area contributed by atoms with Crippen molar-refractivity contribution in [1.29, 1.82) is 0 Å². The van der Waals surface area contributed by atoms with Crippen LogP contribution in [0.3, 0.4) is 0 Å². The molecule has 18 heavy (non-hydrogen) atoms. The van der Waals surface area contributed by atoms with Crippen molar-refractivity contribution in [2.45, 2.75) is 12.8 Å². The molecule has 0 radical (unpaired) electrons. The Kier molecular flexibility index (Phi) is 3.62. The van der Waals surface area contributed by atoms with Crippen LogP contribution < -0.4 is 0 Å². The van der Waals surface area contributed by atoms with E-state index < -0.39 is 5.97 Å². The minimum atomic E-state index is -0.833. The second-order valence-electron chi connectivity index (χ2n) is 3.91. The summed E-state index contributed by atoms with van der Waals surface area (Å²) >= 11 is 5.94. The lowest BCUT2D eigenvalue weighted by atomic mass is 10.0. The van der Waals surface area contributed by atoms with Gasteiger partial charge in [-0.1, -0.05) is 17.7 Å². The topological polar surface area (TPSA) is 68.0 Å². The third-order valence-corrected chi connectivity index (χ3v) is 2.79. The van der Waals surface area contributed by atoms with Crippen molar-refractivity contribution in [2.24, 2.45) is 7.05 Å². The van der Waals surface area contributed by atoms with Gasteiger partial charge in [-0.25, -0.2) is 0 Å². The van der Waals surface area contributed by atoms with Crippen LogP contribution in [0.15, 0.2) is 24.4 Å². The molecule has 2 aromatic rings. The SMILES string of the molecule is Cn1ncc(-c2ccc(Cl)cc2CCC(=O)O)n1. The standard InChI is InChI=1S/C12H12ClN3O2/c1-16-14-7-11(15-16)10-4-3-9(13)6-8(10)2-5-12(17)18/h3-4,6-7H,2,5H2,1H3,(H,17,18). The van der Waals surface area contributed by atoms with E-state index in [1.54, 1.807) is 25.4 Å². The first-order chi connectivity index (χ1) is 8.56. The molecule has 0 aliphatic rings. The molecule has 0 bridgehead atoms. The average Bonchev–Trinajstić information content (AvgIpc) is 2.73. The Bertz CT molecular complexity index is 580. The predicted octanol–water partition coefficient (Wildman–Crippen LogP) is 2.15. The highest BCUT2D eigenvalue weighted by molar-refractivity contribution is 6.30. The fraction of sp³-hybridized carbons (Fsp3) is 0.250.